The smallest absolute Gasteiger partial charge is 0.258 e. The van der Waals surface area contributed by atoms with Gasteiger partial charge in [0.15, 0.2) is 0 Å². The molecule has 5 rings (SSSR count). The van der Waals surface area contributed by atoms with Crippen molar-refractivity contribution in [2.45, 2.75) is 0 Å². The highest BCUT2D eigenvalue weighted by Gasteiger charge is 2.21. The van der Waals surface area contributed by atoms with Crippen LogP contribution in [0.3, 0.4) is 0 Å². The number of nitro benzene ring substituents is 2. The van der Waals surface area contributed by atoms with Crippen LogP contribution in [0.5, 0.6) is 0 Å². The molecule has 0 radical (unpaired) electrons. The summed E-state index contributed by atoms with van der Waals surface area (Å²) < 4.78 is 0. The van der Waals surface area contributed by atoms with E-state index < -0.39 is 21.2 Å². The molecule has 6 nitrogen and oxygen atoms in total. The monoisotopic (exact) mass is 370 g/mol. The van der Waals surface area contributed by atoms with Crippen LogP contribution in [0.25, 0.3) is 32.3 Å². The summed E-state index contributed by atoms with van der Waals surface area (Å²) in [4.78, 5) is 18.9. The van der Waals surface area contributed by atoms with Crippen LogP contribution in [0.1, 0.15) is 0 Å². The van der Waals surface area contributed by atoms with E-state index in [-0.39, 0.29) is 0 Å². The Morgan fingerprint density at radius 1 is 0.464 bits per heavy atom. The maximum absolute atomic E-state index is 10.2. The zero-order valence-electron chi connectivity index (χ0n) is 14.6. The SMILES string of the molecule is O=[N+]([O-])c1ccccc1[N+](=O)[O-].c1cc2ccc3cccc4ccc(c1)c2c34. The van der Waals surface area contributed by atoms with E-state index in [2.05, 4.69) is 60.7 Å². The summed E-state index contributed by atoms with van der Waals surface area (Å²) in [6.07, 6.45) is 0. The number of rotatable bonds is 2. The van der Waals surface area contributed by atoms with Crippen molar-refractivity contribution in [3.63, 3.8) is 0 Å². The fourth-order valence-corrected chi connectivity index (χ4v) is 3.44. The van der Waals surface area contributed by atoms with Crippen molar-refractivity contribution in [2.24, 2.45) is 0 Å². The number of para-hydroxylation sites is 2. The van der Waals surface area contributed by atoms with Gasteiger partial charge in [0, 0.05) is 12.1 Å². The molecule has 0 atom stereocenters. The molecule has 28 heavy (non-hydrogen) atoms. The number of hydrogen-bond donors (Lipinski definition) is 0. The van der Waals surface area contributed by atoms with Crippen LogP contribution in [0.2, 0.25) is 0 Å². The van der Waals surface area contributed by atoms with Crippen molar-refractivity contribution in [1.29, 1.82) is 0 Å². The van der Waals surface area contributed by atoms with E-state index in [9.17, 15) is 20.2 Å². The standard InChI is InChI=1S/C16H10.C6H4N2O4/c1-3-11-7-9-13-5-2-6-14-10-8-12(4-1)15(11)16(13)14;9-7(10)5-3-1-2-4-6(5)8(11)12/h1-10H;1-4H. The second-order valence-corrected chi connectivity index (χ2v) is 6.29. The van der Waals surface area contributed by atoms with E-state index in [0.29, 0.717) is 0 Å². The number of nitrogens with zero attached hydrogens (tertiary/aromatic N) is 2. The molecule has 0 unspecified atom stereocenters. The third-order valence-electron chi connectivity index (χ3n) is 4.67. The molecule has 0 saturated carbocycles. The van der Waals surface area contributed by atoms with Gasteiger partial charge in [0.1, 0.15) is 0 Å². The van der Waals surface area contributed by atoms with Crippen LogP contribution in [0.4, 0.5) is 11.4 Å². The van der Waals surface area contributed by atoms with Gasteiger partial charge in [0.05, 0.1) is 9.85 Å². The molecule has 0 amide bonds. The van der Waals surface area contributed by atoms with Gasteiger partial charge in [-0.3, -0.25) is 20.2 Å². The van der Waals surface area contributed by atoms with Crippen LogP contribution in [0.15, 0.2) is 84.9 Å². The average Bonchev–Trinajstić information content (AvgIpc) is 2.72. The Morgan fingerprint density at radius 2 is 0.786 bits per heavy atom. The lowest BCUT2D eigenvalue weighted by atomic mass is 9.95. The van der Waals surface area contributed by atoms with Gasteiger partial charge in [0.25, 0.3) is 0 Å². The van der Waals surface area contributed by atoms with E-state index in [0.717, 1.165) is 12.1 Å². The quantitative estimate of drug-likeness (QED) is 0.214. The highest BCUT2D eigenvalue weighted by molar-refractivity contribution is 6.22. The van der Waals surface area contributed by atoms with Gasteiger partial charge in [-0.1, -0.05) is 72.8 Å². The maximum Gasteiger partial charge on any atom is 0.346 e. The molecule has 0 N–H and O–H groups in total. The summed E-state index contributed by atoms with van der Waals surface area (Å²) in [5, 5.41) is 28.6. The highest BCUT2D eigenvalue weighted by atomic mass is 16.6. The first-order valence-corrected chi connectivity index (χ1v) is 8.56. The largest absolute Gasteiger partial charge is 0.346 e. The molecular weight excluding hydrogens is 356 g/mol. The highest BCUT2D eigenvalue weighted by Crippen LogP contribution is 2.33. The van der Waals surface area contributed by atoms with Crippen molar-refractivity contribution in [1.82, 2.24) is 0 Å². The number of nitro groups is 2. The molecule has 0 bridgehead atoms. The van der Waals surface area contributed by atoms with Crippen LogP contribution >= 0.6 is 0 Å². The number of hydrogen-bond acceptors (Lipinski definition) is 4. The van der Waals surface area contributed by atoms with E-state index >= 15 is 0 Å². The molecule has 0 aromatic heterocycles. The van der Waals surface area contributed by atoms with Crippen molar-refractivity contribution in [3.8, 4) is 0 Å². The second kappa shape index (κ2) is 6.92. The maximum atomic E-state index is 10.2. The van der Waals surface area contributed by atoms with Crippen molar-refractivity contribution in [3.05, 3.63) is 105 Å². The van der Waals surface area contributed by atoms with Gasteiger partial charge in [-0.05, 0) is 32.3 Å². The molecule has 136 valence electrons. The minimum absolute atomic E-state index is 0.484. The molecule has 0 aliphatic heterocycles. The predicted octanol–water partition coefficient (Wildman–Crippen LogP) is 6.09. The Labute approximate surface area is 159 Å². The minimum atomic E-state index is -0.780. The molecule has 0 heterocycles. The second-order valence-electron chi connectivity index (χ2n) is 6.29. The third kappa shape index (κ3) is 2.97. The average molecular weight is 370 g/mol. The summed E-state index contributed by atoms with van der Waals surface area (Å²) >= 11 is 0. The summed E-state index contributed by atoms with van der Waals surface area (Å²) in [5.41, 5.74) is -0.968. The van der Waals surface area contributed by atoms with Crippen LogP contribution in [-0.2, 0) is 0 Å². The van der Waals surface area contributed by atoms with Gasteiger partial charge < -0.3 is 0 Å². The lowest BCUT2D eigenvalue weighted by Crippen LogP contribution is -1.95. The minimum Gasteiger partial charge on any atom is -0.258 e. The molecule has 0 aliphatic rings. The van der Waals surface area contributed by atoms with Gasteiger partial charge in [0.2, 0.25) is 0 Å². The van der Waals surface area contributed by atoms with E-state index in [1.165, 1.54) is 44.5 Å². The Hall–Kier alpha value is -4.06. The third-order valence-corrected chi connectivity index (χ3v) is 4.67. The molecular formula is C22H14N2O4. The van der Waals surface area contributed by atoms with Crippen molar-refractivity contribution >= 4 is 43.7 Å². The van der Waals surface area contributed by atoms with Crippen molar-refractivity contribution < 1.29 is 9.85 Å². The Bertz CT molecular complexity index is 1170. The Balaban J connectivity index is 0.000000145. The van der Waals surface area contributed by atoms with Crippen LogP contribution in [-0.4, -0.2) is 9.85 Å². The molecule has 6 heteroatoms. The first kappa shape index (κ1) is 17.4. The zero-order chi connectivity index (χ0) is 19.7. The lowest BCUT2D eigenvalue weighted by molar-refractivity contribution is -0.422. The van der Waals surface area contributed by atoms with E-state index in [1.54, 1.807) is 0 Å². The fraction of sp³-hybridized carbons (Fsp3) is 0. The van der Waals surface area contributed by atoms with Gasteiger partial charge >= 0.3 is 11.4 Å². The summed E-state index contributed by atoms with van der Waals surface area (Å²) in [6, 6.07) is 26.8. The summed E-state index contributed by atoms with van der Waals surface area (Å²) in [6.45, 7) is 0. The topological polar surface area (TPSA) is 86.3 Å². The first-order chi connectivity index (χ1) is 13.6. The first-order valence-electron chi connectivity index (χ1n) is 8.56. The lowest BCUT2D eigenvalue weighted by Gasteiger charge is -2.09. The Kier molecular flexibility index (Phi) is 4.29. The molecule has 5 aromatic rings. The molecule has 0 aliphatic carbocycles. The van der Waals surface area contributed by atoms with E-state index in [4.69, 9.17) is 0 Å². The van der Waals surface area contributed by atoms with Crippen molar-refractivity contribution in [2.75, 3.05) is 0 Å². The normalized spacial score (nSPS) is 10.7. The molecule has 0 fully saturated rings. The van der Waals surface area contributed by atoms with Gasteiger partial charge in [-0.2, -0.15) is 0 Å². The predicted molar refractivity (Wildman–Crippen MR) is 110 cm³/mol. The molecule has 5 aromatic carbocycles. The zero-order valence-corrected chi connectivity index (χ0v) is 14.6. The molecule has 0 spiro atoms. The van der Waals surface area contributed by atoms with Gasteiger partial charge in [-0.15, -0.1) is 0 Å². The van der Waals surface area contributed by atoms with Crippen LogP contribution < -0.4 is 0 Å². The Morgan fingerprint density at radius 3 is 1.07 bits per heavy atom. The molecule has 0 saturated heterocycles. The summed E-state index contributed by atoms with van der Waals surface area (Å²) in [5.74, 6) is 0. The van der Waals surface area contributed by atoms with E-state index in [1.807, 2.05) is 0 Å². The van der Waals surface area contributed by atoms with Gasteiger partial charge in [-0.25, -0.2) is 0 Å². The fourth-order valence-electron chi connectivity index (χ4n) is 3.44. The summed E-state index contributed by atoms with van der Waals surface area (Å²) in [7, 11) is 0. The number of benzene rings is 5. The van der Waals surface area contributed by atoms with Crippen LogP contribution in [0, 0.1) is 20.2 Å².